The monoisotopic (exact) mass is 456 g/mol. The summed E-state index contributed by atoms with van der Waals surface area (Å²) in [4.78, 5) is 31.2. The van der Waals surface area contributed by atoms with Crippen LogP contribution in [0.5, 0.6) is 0 Å². The molecule has 0 spiro atoms. The molecule has 0 aliphatic heterocycles. The number of nitrogens with one attached hydrogen (secondary N) is 2. The van der Waals surface area contributed by atoms with E-state index in [1.807, 2.05) is 66.2 Å². The second-order valence-corrected chi connectivity index (χ2v) is 10.8. The van der Waals surface area contributed by atoms with E-state index in [-0.39, 0.29) is 23.8 Å². The number of carbonyl (C=O) groups excluding carboxylic acids is 2. The van der Waals surface area contributed by atoms with Crippen LogP contribution in [0, 0.1) is 23.2 Å². The van der Waals surface area contributed by atoms with Gasteiger partial charge in [0.25, 0.3) is 0 Å². The Bertz CT molecular complexity index is 1200. The van der Waals surface area contributed by atoms with Gasteiger partial charge in [0, 0.05) is 12.5 Å². The molecule has 0 saturated heterocycles. The molecule has 1 aromatic heterocycles. The van der Waals surface area contributed by atoms with Crippen molar-refractivity contribution < 1.29 is 9.59 Å². The van der Waals surface area contributed by atoms with Gasteiger partial charge >= 0.3 is 0 Å². The summed E-state index contributed by atoms with van der Waals surface area (Å²) in [6.45, 7) is -0.00609. The molecule has 176 valence electrons. The lowest BCUT2D eigenvalue weighted by atomic mass is 9.49. The Hall–Kier alpha value is -3.15. The average molecular weight is 457 g/mol. The van der Waals surface area contributed by atoms with Crippen molar-refractivity contribution in [2.75, 3.05) is 6.54 Å². The van der Waals surface area contributed by atoms with E-state index < -0.39 is 6.04 Å². The summed E-state index contributed by atoms with van der Waals surface area (Å²) in [6, 6.07) is 17.5. The van der Waals surface area contributed by atoms with Gasteiger partial charge in [-0.05, 0) is 74.0 Å². The van der Waals surface area contributed by atoms with Crippen LogP contribution >= 0.6 is 0 Å². The molecule has 1 atom stereocenters. The maximum Gasteiger partial charge on any atom is 0.240 e. The zero-order valence-electron chi connectivity index (χ0n) is 19.7. The minimum atomic E-state index is -0.400. The molecule has 6 nitrogen and oxygen atoms in total. The summed E-state index contributed by atoms with van der Waals surface area (Å²) in [5.41, 5.74) is 2.63. The topological polar surface area (TPSA) is 76.0 Å². The van der Waals surface area contributed by atoms with E-state index in [0.29, 0.717) is 17.8 Å². The molecule has 2 aromatic carbocycles. The first-order valence-electron chi connectivity index (χ1n) is 12.5. The largest absolute Gasteiger partial charge is 0.347 e. The average Bonchev–Trinajstić information content (AvgIpc) is 3.17. The van der Waals surface area contributed by atoms with Gasteiger partial charge in [-0.2, -0.15) is 0 Å². The van der Waals surface area contributed by atoms with Crippen molar-refractivity contribution in [1.29, 1.82) is 0 Å². The maximum absolute atomic E-state index is 13.3. The lowest BCUT2D eigenvalue weighted by Gasteiger charge is -2.55. The van der Waals surface area contributed by atoms with Gasteiger partial charge in [-0.25, -0.2) is 4.98 Å². The Kier molecular flexibility index (Phi) is 5.19. The Morgan fingerprint density at radius 1 is 0.971 bits per heavy atom. The molecule has 4 bridgehead atoms. The molecular weight excluding hydrogens is 424 g/mol. The molecule has 4 aliphatic carbocycles. The van der Waals surface area contributed by atoms with Gasteiger partial charge in [-0.15, -0.1) is 0 Å². The van der Waals surface area contributed by atoms with Gasteiger partial charge < -0.3 is 15.2 Å². The predicted octanol–water partition coefficient (Wildman–Crippen LogP) is 4.11. The van der Waals surface area contributed by atoms with Crippen molar-refractivity contribution in [1.82, 2.24) is 20.2 Å². The Morgan fingerprint density at radius 2 is 1.59 bits per heavy atom. The SMILES string of the molecule is Cn1c(C(NC(=O)CNC(=O)C23CC4CC(CC(C4)C2)C3)c2ccccc2)nc2ccccc21. The second kappa shape index (κ2) is 8.26. The standard InChI is InChI=1S/C28H32N4O2/c1-32-23-10-6-5-9-22(23)30-26(32)25(21-7-3-2-4-8-21)31-24(33)17-29-27(34)28-14-18-11-19(15-28)13-20(12-18)16-28/h2-10,18-20,25H,11-17H2,1H3,(H,29,34)(H,31,33). The van der Waals surface area contributed by atoms with Crippen LogP contribution in [0.2, 0.25) is 0 Å². The third kappa shape index (κ3) is 3.69. The van der Waals surface area contributed by atoms with E-state index in [0.717, 1.165) is 41.7 Å². The summed E-state index contributed by atoms with van der Waals surface area (Å²) < 4.78 is 2.03. The van der Waals surface area contributed by atoms with Crippen LogP contribution in [0.3, 0.4) is 0 Å². The first-order valence-corrected chi connectivity index (χ1v) is 12.5. The second-order valence-electron chi connectivity index (χ2n) is 10.8. The van der Waals surface area contributed by atoms with E-state index in [1.165, 1.54) is 19.3 Å². The fraction of sp³-hybridized carbons (Fsp3) is 0.464. The van der Waals surface area contributed by atoms with Crippen LogP contribution in [0.1, 0.15) is 56.0 Å². The lowest BCUT2D eigenvalue weighted by molar-refractivity contribution is -0.147. The van der Waals surface area contributed by atoms with E-state index in [2.05, 4.69) is 10.6 Å². The van der Waals surface area contributed by atoms with E-state index in [4.69, 9.17) is 4.98 Å². The number of rotatable bonds is 6. The molecule has 3 aromatic rings. The van der Waals surface area contributed by atoms with Crippen molar-refractivity contribution in [3.8, 4) is 0 Å². The Labute approximate surface area is 200 Å². The normalized spacial score (nSPS) is 28.1. The van der Waals surface area contributed by atoms with E-state index >= 15 is 0 Å². The van der Waals surface area contributed by atoms with E-state index in [1.54, 1.807) is 0 Å². The third-order valence-corrected chi connectivity index (χ3v) is 8.45. The molecule has 1 unspecified atom stereocenters. The zero-order chi connectivity index (χ0) is 23.3. The number of amides is 2. The van der Waals surface area contributed by atoms with Gasteiger partial charge in [0.2, 0.25) is 11.8 Å². The van der Waals surface area contributed by atoms with Crippen LogP contribution < -0.4 is 10.6 Å². The van der Waals surface area contributed by atoms with Crippen molar-refractivity contribution in [3.63, 3.8) is 0 Å². The van der Waals surface area contributed by atoms with Gasteiger partial charge in [0.1, 0.15) is 11.9 Å². The summed E-state index contributed by atoms with van der Waals surface area (Å²) in [6.07, 6.45) is 6.88. The molecule has 1 heterocycles. The number of hydrogen-bond acceptors (Lipinski definition) is 3. The number of aromatic nitrogens is 2. The highest BCUT2D eigenvalue weighted by Crippen LogP contribution is 2.60. The molecule has 4 aliphatic rings. The zero-order valence-corrected chi connectivity index (χ0v) is 19.7. The summed E-state index contributed by atoms with van der Waals surface area (Å²) in [5, 5.41) is 6.15. The minimum Gasteiger partial charge on any atom is -0.347 e. The molecule has 4 saturated carbocycles. The molecule has 7 rings (SSSR count). The van der Waals surface area contributed by atoms with Crippen molar-refractivity contribution in [3.05, 3.63) is 66.0 Å². The quantitative estimate of drug-likeness (QED) is 0.586. The third-order valence-electron chi connectivity index (χ3n) is 8.45. The van der Waals surface area contributed by atoms with Crippen molar-refractivity contribution >= 4 is 22.8 Å². The number of benzene rings is 2. The number of imidazole rings is 1. The van der Waals surface area contributed by atoms with Crippen molar-refractivity contribution in [2.45, 2.75) is 44.6 Å². The lowest BCUT2D eigenvalue weighted by Crippen LogP contribution is -2.54. The van der Waals surface area contributed by atoms with Crippen LogP contribution in [-0.2, 0) is 16.6 Å². The Morgan fingerprint density at radius 3 is 2.24 bits per heavy atom. The van der Waals surface area contributed by atoms with Crippen LogP contribution in [0.25, 0.3) is 11.0 Å². The molecular formula is C28H32N4O2. The summed E-state index contributed by atoms with van der Waals surface area (Å²) >= 11 is 0. The molecule has 34 heavy (non-hydrogen) atoms. The van der Waals surface area contributed by atoms with Gasteiger partial charge in [0.15, 0.2) is 0 Å². The van der Waals surface area contributed by atoms with Gasteiger partial charge in [0.05, 0.1) is 17.6 Å². The fourth-order valence-electron chi connectivity index (χ4n) is 7.31. The maximum atomic E-state index is 13.3. The predicted molar refractivity (Wildman–Crippen MR) is 131 cm³/mol. The summed E-state index contributed by atoms with van der Waals surface area (Å²) in [5.74, 6) is 2.76. The first kappa shape index (κ1) is 21.4. The number of aryl methyl sites for hydroxylation is 1. The highest BCUT2D eigenvalue weighted by Gasteiger charge is 2.54. The van der Waals surface area contributed by atoms with Crippen LogP contribution in [0.15, 0.2) is 54.6 Å². The highest BCUT2D eigenvalue weighted by atomic mass is 16.2. The Balaban J connectivity index is 1.19. The summed E-state index contributed by atoms with van der Waals surface area (Å²) in [7, 11) is 1.97. The molecule has 4 fully saturated rings. The number of nitrogens with zero attached hydrogens (tertiary/aromatic N) is 2. The molecule has 0 radical (unpaired) electrons. The highest BCUT2D eigenvalue weighted by molar-refractivity contribution is 5.88. The number of fused-ring (bicyclic) bond motifs is 1. The van der Waals surface area contributed by atoms with Gasteiger partial charge in [-0.1, -0.05) is 42.5 Å². The van der Waals surface area contributed by atoms with E-state index in [9.17, 15) is 9.59 Å². The van der Waals surface area contributed by atoms with Gasteiger partial charge in [-0.3, -0.25) is 9.59 Å². The molecule has 2 amide bonds. The molecule has 6 heteroatoms. The number of carbonyl (C=O) groups is 2. The number of para-hydroxylation sites is 2. The smallest absolute Gasteiger partial charge is 0.240 e. The minimum absolute atomic E-state index is 0.00609. The van der Waals surface area contributed by atoms with Crippen LogP contribution in [-0.4, -0.2) is 27.9 Å². The fourth-order valence-corrected chi connectivity index (χ4v) is 7.31. The first-order chi connectivity index (χ1) is 16.5. The van der Waals surface area contributed by atoms with Crippen molar-refractivity contribution in [2.24, 2.45) is 30.2 Å². The van der Waals surface area contributed by atoms with Crippen LogP contribution in [0.4, 0.5) is 0 Å². The molecule has 2 N–H and O–H groups in total. The number of hydrogen-bond donors (Lipinski definition) is 2.